The number of rotatable bonds is 5. The summed E-state index contributed by atoms with van der Waals surface area (Å²) in [5, 5.41) is 16.7. The van der Waals surface area contributed by atoms with Gasteiger partial charge in [0, 0.05) is 13.1 Å². The lowest BCUT2D eigenvalue weighted by Crippen LogP contribution is -2.38. The minimum Gasteiger partial charge on any atom is -0.340 e. The van der Waals surface area contributed by atoms with Crippen LogP contribution in [0.1, 0.15) is 13.3 Å². The summed E-state index contributed by atoms with van der Waals surface area (Å²) in [5.74, 6) is -0.251. The smallest absolute Gasteiger partial charge is 0.278 e. The van der Waals surface area contributed by atoms with Gasteiger partial charge in [0.1, 0.15) is 12.1 Å². The monoisotopic (exact) mass is 285 g/mol. The number of nitrogens with zero attached hydrogens (tertiary/aromatic N) is 5. The van der Waals surface area contributed by atoms with Gasteiger partial charge >= 0.3 is 0 Å². The third-order valence-corrected chi connectivity index (χ3v) is 3.14. The van der Waals surface area contributed by atoms with E-state index in [1.165, 1.54) is 4.90 Å². The van der Waals surface area contributed by atoms with E-state index in [1.807, 2.05) is 13.0 Å². The number of benzene rings is 1. The van der Waals surface area contributed by atoms with E-state index >= 15 is 0 Å². The van der Waals surface area contributed by atoms with Gasteiger partial charge in [0.2, 0.25) is 5.91 Å². The third kappa shape index (κ3) is 3.23. The molecule has 1 aromatic heterocycles. The van der Waals surface area contributed by atoms with E-state index in [0.717, 1.165) is 4.68 Å². The molecule has 2 rings (SSSR count). The van der Waals surface area contributed by atoms with Gasteiger partial charge in [-0.15, -0.1) is 5.10 Å². The summed E-state index contributed by atoms with van der Waals surface area (Å²) in [5.41, 5.74) is 0.160. The lowest BCUT2D eigenvalue weighted by atomic mass is 10.2. The van der Waals surface area contributed by atoms with E-state index in [1.54, 1.807) is 24.3 Å². The standard InChI is InChI=1S/C14H15N5O2/c1-2-18(9-5-8-15)13(20)10-19-14(21)11-6-3-4-7-12(11)16-17-19/h3-4,6-7H,2,5,9-10H2,1H3. The first kappa shape index (κ1) is 14.7. The van der Waals surface area contributed by atoms with Crippen LogP contribution in [0.15, 0.2) is 29.1 Å². The van der Waals surface area contributed by atoms with Gasteiger partial charge in [-0.1, -0.05) is 17.3 Å². The quantitative estimate of drug-likeness (QED) is 0.800. The largest absolute Gasteiger partial charge is 0.340 e. The molecule has 1 heterocycles. The van der Waals surface area contributed by atoms with Gasteiger partial charge in [0.05, 0.1) is 17.9 Å². The Morgan fingerprint density at radius 2 is 2.19 bits per heavy atom. The summed E-state index contributed by atoms with van der Waals surface area (Å²) >= 11 is 0. The molecule has 108 valence electrons. The number of hydrogen-bond donors (Lipinski definition) is 0. The molecule has 0 fully saturated rings. The molecule has 21 heavy (non-hydrogen) atoms. The average molecular weight is 285 g/mol. The van der Waals surface area contributed by atoms with E-state index in [2.05, 4.69) is 10.3 Å². The van der Waals surface area contributed by atoms with Crippen molar-refractivity contribution in [3.63, 3.8) is 0 Å². The number of carbonyl (C=O) groups is 1. The maximum absolute atomic E-state index is 12.2. The van der Waals surface area contributed by atoms with Gasteiger partial charge in [-0.05, 0) is 19.1 Å². The van der Waals surface area contributed by atoms with Gasteiger partial charge in [-0.25, -0.2) is 4.68 Å². The maximum atomic E-state index is 12.2. The second kappa shape index (κ2) is 6.61. The molecule has 0 atom stereocenters. The molecular weight excluding hydrogens is 270 g/mol. The average Bonchev–Trinajstić information content (AvgIpc) is 2.51. The van der Waals surface area contributed by atoms with Crippen molar-refractivity contribution in [1.82, 2.24) is 19.9 Å². The molecule has 0 N–H and O–H groups in total. The summed E-state index contributed by atoms with van der Waals surface area (Å²) < 4.78 is 1.06. The molecule has 2 aromatic rings. The predicted octanol–water partition coefficient (Wildman–Crippen LogP) is 0.554. The Morgan fingerprint density at radius 1 is 1.43 bits per heavy atom. The number of fused-ring (bicyclic) bond motifs is 1. The lowest BCUT2D eigenvalue weighted by molar-refractivity contribution is -0.131. The summed E-state index contributed by atoms with van der Waals surface area (Å²) in [7, 11) is 0. The molecule has 0 saturated heterocycles. The van der Waals surface area contributed by atoms with Crippen LogP contribution < -0.4 is 5.56 Å². The van der Waals surface area contributed by atoms with Crippen LogP contribution in [0.2, 0.25) is 0 Å². The minimum absolute atomic E-state index is 0.171. The molecular formula is C14H15N5O2. The minimum atomic E-state index is -0.342. The first-order valence-corrected chi connectivity index (χ1v) is 6.64. The Labute approximate surface area is 121 Å². The molecule has 0 radical (unpaired) electrons. The third-order valence-electron chi connectivity index (χ3n) is 3.14. The lowest BCUT2D eigenvalue weighted by Gasteiger charge is -2.19. The Bertz CT molecular complexity index is 747. The molecule has 1 aromatic carbocycles. The molecule has 0 aliphatic carbocycles. The number of likely N-dealkylation sites (N-methyl/N-ethyl adjacent to an activating group) is 1. The highest BCUT2D eigenvalue weighted by molar-refractivity contribution is 5.78. The molecule has 7 nitrogen and oxygen atoms in total. The van der Waals surface area contributed by atoms with Crippen LogP contribution in [-0.2, 0) is 11.3 Å². The van der Waals surface area contributed by atoms with Crippen molar-refractivity contribution in [1.29, 1.82) is 5.26 Å². The van der Waals surface area contributed by atoms with Crippen molar-refractivity contribution in [3.8, 4) is 6.07 Å². The van der Waals surface area contributed by atoms with Crippen molar-refractivity contribution >= 4 is 16.8 Å². The van der Waals surface area contributed by atoms with Crippen LogP contribution in [0.3, 0.4) is 0 Å². The topological polar surface area (TPSA) is 91.9 Å². The molecule has 7 heteroatoms. The fourth-order valence-electron chi connectivity index (χ4n) is 2.00. The van der Waals surface area contributed by atoms with Crippen molar-refractivity contribution in [2.75, 3.05) is 13.1 Å². The Balaban J connectivity index is 2.23. The van der Waals surface area contributed by atoms with Gasteiger partial charge in [-0.2, -0.15) is 5.26 Å². The Hall–Kier alpha value is -2.75. The molecule has 0 saturated carbocycles. The summed E-state index contributed by atoms with van der Waals surface area (Å²) in [4.78, 5) is 25.9. The predicted molar refractivity (Wildman–Crippen MR) is 76.3 cm³/mol. The molecule has 0 aliphatic heterocycles. The summed E-state index contributed by atoms with van der Waals surface area (Å²) in [6.45, 7) is 2.48. The zero-order valence-electron chi connectivity index (χ0n) is 11.7. The summed E-state index contributed by atoms with van der Waals surface area (Å²) in [6.07, 6.45) is 0.262. The van der Waals surface area contributed by atoms with Crippen LogP contribution in [0.25, 0.3) is 10.9 Å². The highest BCUT2D eigenvalue weighted by Gasteiger charge is 2.14. The second-order valence-corrected chi connectivity index (χ2v) is 4.45. The number of amides is 1. The first-order valence-electron chi connectivity index (χ1n) is 6.64. The van der Waals surface area contributed by atoms with E-state index in [9.17, 15) is 9.59 Å². The van der Waals surface area contributed by atoms with Crippen LogP contribution in [0.4, 0.5) is 0 Å². The van der Waals surface area contributed by atoms with Crippen LogP contribution in [-0.4, -0.2) is 38.9 Å². The Kier molecular flexibility index (Phi) is 4.61. The number of hydrogen-bond acceptors (Lipinski definition) is 5. The van der Waals surface area contributed by atoms with Crippen LogP contribution in [0, 0.1) is 11.3 Å². The summed E-state index contributed by atoms with van der Waals surface area (Å²) in [6, 6.07) is 8.85. The van der Waals surface area contributed by atoms with Crippen molar-refractivity contribution in [2.24, 2.45) is 0 Å². The SMILES string of the molecule is CCN(CCC#N)C(=O)Cn1nnc2ccccc2c1=O. The van der Waals surface area contributed by atoms with E-state index in [-0.39, 0.29) is 24.4 Å². The fourth-order valence-corrected chi connectivity index (χ4v) is 2.00. The second-order valence-electron chi connectivity index (χ2n) is 4.45. The zero-order valence-corrected chi connectivity index (χ0v) is 11.7. The van der Waals surface area contributed by atoms with E-state index in [4.69, 9.17) is 5.26 Å². The molecule has 0 unspecified atom stereocenters. The van der Waals surface area contributed by atoms with Crippen LogP contribution >= 0.6 is 0 Å². The maximum Gasteiger partial charge on any atom is 0.278 e. The van der Waals surface area contributed by atoms with Gasteiger partial charge in [0.15, 0.2) is 0 Å². The van der Waals surface area contributed by atoms with Crippen LogP contribution in [0.5, 0.6) is 0 Å². The first-order chi connectivity index (χ1) is 10.2. The van der Waals surface area contributed by atoms with Crippen molar-refractivity contribution in [3.05, 3.63) is 34.6 Å². The molecule has 1 amide bonds. The molecule has 0 bridgehead atoms. The zero-order chi connectivity index (χ0) is 15.2. The highest BCUT2D eigenvalue weighted by atomic mass is 16.2. The molecule has 0 spiro atoms. The van der Waals surface area contributed by atoms with Gasteiger partial charge in [0.25, 0.3) is 5.56 Å². The number of aromatic nitrogens is 3. The van der Waals surface area contributed by atoms with Crippen molar-refractivity contribution < 1.29 is 4.79 Å². The number of carbonyl (C=O) groups excluding carboxylic acids is 1. The fraction of sp³-hybridized carbons (Fsp3) is 0.357. The van der Waals surface area contributed by atoms with Gasteiger partial charge in [-0.3, -0.25) is 9.59 Å². The van der Waals surface area contributed by atoms with Crippen molar-refractivity contribution in [2.45, 2.75) is 19.9 Å². The van der Waals surface area contributed by atoms with E-state index < -0.39 is 0 Å². The van der Waals surface area contributed by atoms with E-state index in [0.29, 0.717) is 24.0 Å². The Morgan fingerprint density at radius 3 is 2.90 bits per heavy atom. The highest BCUT2D eigenvalue weighted by Crippen LogP contribution is 2.03. The molecule has 0 aliphatic rings. The normalized spacial score (nSPS) is 10.3. The van der Waals surface area contributed by atoms with Gasteiger partial charge < -0.3 is 4.90 Å². The number of nitriles is 1.